The van der Waals surface area contributed by atoms with E-state index in [0.717, 1.165) is 6.92 Å². The van der Waals surface area contributed by atoms with Crippen molar-refractivity contribution in [3.8, 4) is 5.75 Å². The molecule has 0 spiro atoms. The normalized spacial score (nSPS) is 14.8. The minimum absolute atomic E-state index is 0.0336. The zero-order valence-corrected chi connectivity index (χ0v) is 44.9. The Morgan fingerprint density at radius 1 is 0.512 bits per heavy atom. The fraction of sp³-hybridized carbons (Fsp3) is 0.529. The van der Waals surface area contributed by atoms with Crippen molar-refractivity contribution in [1.82, 2.24) is 47.9 Å². The lowest BCUT2D eigenvalue weighted by atomic mass is 10.0. The van der Waals surface area contributed by atoms with Crippen LogP contribution >= 0.6 is 0 Å². The van der Waals surface area contributed by atoms with Gasteiger partial charge >= 0.3 is 11.9 Å². The van der Waals surface area contributed by atoms with Gasteiger partial charge in [-0.25, -0.2) is 4.79 Å². The van der Waals surface area contributed by atoms with Gasteiger partial charge < -0.3 is 90.0 Å². The largest absolute Gasteiger partial charge is 0.508 e. The van der Waals surface area contributed by atoms with Crippen molar-refractivity contribution in [2.45, 2.75) is 140 Å². The van der Waals surface area contributed by atoms with Crippen molar-refractivity contribution < 1.29 is 88.2 Å². The number of aliphatic hydroxyl groups is 3. The maximum absolute atomic E-state index is 14.2. The average Bonchev–Trinajstić information content (AvgIpc) is 3.38. The summed E-state index contributed by atoms with van der Waals surface area (Å²) in [7, 11) is 0. The molecule has 0 aliphatic heterocycles. The summed E-state index contributed by atoms with van der Waals surface area (Å²) in [5, 5.41) is 79.9. The summed E-state index contributed by atoms with van der Waals surface area (Å²) in [5.74, 6) is -14.3. The van der Waals surface area contributed by atoms with Crippen LogP contribution in [0.4, 0.5) is 0 Å². The molecule has 442 valence electrons. The number of carbonyl (C=O) groups is 12. The molecule has 2 aromatic rings. The number of nitrogens with two attached hydrogens (primary N) is 2. The zero-order chi connectivity index (χ0) is 60.4. The molecular formula is C51H75N11O18. The Kier molecular flexibility index (Phi) is 28.7. The van der Waals surface area contributed by atoms with E-state index in [4.69, 9.17) is 11.5 Å². The summed E-state index contributed by atoms with van der Waals surface area (Å²) < 4.78 is 0. The molecule has 0 radical (unpaired) electrons. The second-order valence-electron chi connectivity index (χ2n) is 19.7. The maximum Gasteiger partial charge on any atom is 0.326 e. The molecule has 0 unspecified atom stereocenters. The Morgan fingerprint density at radius 3 is 1.46 bits per heavy atom. The lowest BCUT2D eigenvalue weighted by molar-refractivity contribution is -0.143. The maximum atomic E-state index is 14.2. The predicted octanol–water partition coefficient (Wildman–Crippen LogP) is -5.22. The van der Waals surface area contributed by atoms with Gasteiger partial charge in [0.15, 0.2) is 0 Å². The van der Waals surface area contributed by atoms with Crippen LogP contribution in [0.15, 0.2) is 54.6 Å². The van der Waals surface area contributed by atoms with Crippen molar-refractivity contribution in [2.24, 2.45) is 23.3 Å². The van der Waals surface area contributed by atoms with E-state index in [1.807, 2.05) is 0 Å². The summed E-state index contributed by atoms with van der Waals surface area (Å²) in [6.45, 7) is 5.18. The van der Waals surface area contributed by atoms with Crippen LogP contribution in [0.3, 0.4) is 0 Å². The number of amides is 10. The van der Waals surface area contributed by atoms with E-state index in [0.29, 0.717) is 5.56 Å². The highest BCUT2D eigenvalue weighted by Gasteiger charge is 2.36. The molecule has 10 amide bonds. The number of aromatic hydroxyl groups is 1. The molecule has 0 aliphatic rings. The number of aliphatic hydroxyl groups excluding tert-OH is 3. The highest BCUT2D eigenvalue weighted by atomic mass is 16.4. The Hall–Kier alpha value is -8.28. The number of carboxylic acid groups (broad SMARTS) is 2. The summed E-state index contributed by atoms with van der Waals surface area (Å²) >= 11 is 0. The molecule has 0 saturated carbocycles. The van der Waals surface area contributed by atoms with E-state index in [1.54, 1.807) is 58.0 Å². The van der Waals surface area contributed by atoms with Gasteiger partial charge in [0.2, 0.25) is 59.1 Å². The van der Waals surface area contributed by atoms with Gasteiger partial charge in [-0.3, -0.25) is 52.7 Å². The number of rotatable bonds is 35. The monoisotopic (exact) mass is 1130 g/mol. The molecule has 19 N–H and O–H groups in total. The van der Waals surface area contributed by atoms with E-state index in [9.17, 15) is 88.2 Å². The van der Waals surface area contributed by atoms with Gasteiger partial charge in [0.25, 0.3) is 0 Å². The minimum atomic E-state index is -1.94. The summed E-state index contributed by atoms with van der Waals surface area (Å²) in [6, 6.07) is -1.18. The van der Waals surface area contributed by atoms with Gasteiger partial charge in [-0.05, 0) is 61.3 Å². The van der Waals surface area contributed by atoms with Crippen molar-refractivity contribution in [1.29, 1.82) is 0 Å². The van der Waals surface area contributed by atoms with Crippen LogP contribution in [0.25, 0.3) is 0 Å². The highest BCUT2D eigenvalue weighted by molar-refractivity contribution is 5.99. The molecule has 0 bridgehead atoms. The molecule has 2 rings (SSSR count). The Labute approximate surface area is 460 Å². The number of phenols is 1. The molecule has 10 atom stereocenters. The van der Waals surface area contributed by atoms with Crippen molar-refractivity contribution in [2.75, 3.05) is 19.8 Å². The number of carbonyl (C=O) groups excluding carboxylic acids is 10. The van der Waals surface area contributed by atoms with Gasteiger partial charge in [0.1, 0.15) is 60.1 Å². The van der Waals surface area contributed by atoms with Crippen LogP contribution in [0, 0.1) is 11.8 Å². The summed E-state index contributed by atoms with van der Waals surface area (Å²) in [4.78, 5) is 157. The highest BCUT2D eigenvalue weighted by Crippen LogP contribution is 2.14. The molecule has 80 heavy (non-hydrogen) atoms. The lowest BCUT2D eigenvalue weighted by Gasteiger charge is -2.27. The van der Waals surface area contributed by atoms with E-state index in [1.165, 1.54) is 24.3 Å². The first-order chi connectivity index (χ1) is 37.5. The second kappa shape index (κ2) is 33.9. The number of hydrogen-bond acceptors (Lipinski definition) is 17. The van der Waals surface area contributed by atoms with Gasteiger partial charge in [0, 0.05) is 19.3 Å². The second-order valence-corrected chi connectivity index (χ2v) is 19.7. The number of hydrogen-bond donors (Lipinski definition) is 17. The minimum Gasteiger partial charge on any atom is -0.508 e. The van der Waals surface area contributed by atoms with Crippen LogP contribution < -0.4 is 59.3 Å². The summed E-state index contributed by atoms with van der Waals surface area (Å²) in [5.41, 5.74) is 11.8. The molecular weight excluding hydrogens is 1050 g/mol. The number of phenolic OH excluding ortho intramolecular Hbond substituents is 1. The number of benzene rings is 2. The number of primary amides is 1. The third-order valence-electron chi connectivity index (χ3n) is 11.8. The molecule has 0 aliphatic carbocycles. The van der Waals surface area contributed by atoms with Gasteiger partial charge in [-0.15, -0.1) is 0 Å². The van der Waals surface area contributed by atoms with Crippen LogP contribution in [-0.4, -0.2) is 182 Å². The van der Waals surface area contributed by atoms with Crippen LogP contribution in [0.5, 0.6) is 5.75 Å². The molecule has 0 fully saturated rings. The molecule has 0 aromatic heterocycles. The van der Waals surface area contributed by atoms with Gasteiger partial charge in [-0.1, -0.05) is 70.2 Å². The van der Waals surface area contributed by atoms with E-state index in [2.05, 4.69) is 47.9 Å². The zero-order valence-electron chi connectivity index (χ0n) is 44.9. The molecule has 2 aromatic carbocycles. The first-order valence-electron chi connectivity index (χ1n) is 25.4. The molecule has 29 nitrogen and oxygen atoms in total. The van der Waals surface area contributed by atoms with E-state index >= 15 is 0 Å². The standard InChI is InChI=1S/C51H75N11O18/c1-25(2)17-33(44(72)54-22-40(68)62-42(27(5)65)50(78)60-37(51(79)80)18-26(3)4)57-45(73)32(15-16-41(69)70)55-46(74)35(20-29-11-13-30(66)14-12-29)58-49(77)38(24-64)61-48(76)36(21-39(53)67)59-47(75)34(56-43(71)31(52)23-63)19-28-9-7-6-8-10-28/h6-14,25-27,31-38,42,63-66H,15-24,52H2,1-5H3,(H2,53,67)(H,54,72)(H,55,74)(H,56,71)(H,57,73)(H,58,77)(H,59,75)(H,60,78)(H,61,76)(H,62,68)(H,69,70)(H,79,80)/t27-,31+,32+,33+,34+,35+,36+,37+,38+,42+/m1/s1. The Bertz CT molecular complexity index is 2460. The van der Waals surface area contributed by atoms with Crippen molar-refractivity contribution in [3.05, 3.63) is 65.7 Å². The quantitative estimate of drug-likeness (QED) is 0.0307. The van der Waals surface area contributed by atoms with E-state index < -0.39 is 177 Å². The van der Waals surface area contributed by atoms with Gasteiger partial charge in [-0.2, -0.15) is 0 Å². The predicted molar refractivity (Wildman–Crippen MR) is 281 cm³/mol. The Morgan fingerprint density at radius 2 is 0.963 bits per heavy atom. The van der Waals surface area contributed by atoms with Crippen LogP contribution in [-0.2, 0) is 70.4 Å². The third kappa shape index (κ3) is 24.6. The average molecular weight is 1130 g/mol. The van der Waals surface area contributed by atoms with Crippen LogP contribution in [0.2, 0.25) is 0 Å². The molecule has 0 heterocycles. The van der Waals surface area contributed by atoms with Gasteiger partial charge in [0.05, 0.1) is 32.3 Å². The lowest BCUT2D eigenvalue weighted by Crippen LogP contribution is -2.61. The smallest absolute Gasteiger partial charge is 0.326 e. The van der Waals surface area contributed by atoms with Crippen LogP contribution in [0.1, 0.15) is 77.8 Å². The number of carboxylic acids is 2. The first kappa shape index (κ1) is 67.8. The Balaban J connectivity index is 2.39. The topological polar surface area (TPSA) is 487 Å². The summed E-state index contributed by atoms with van der Waals surface area (Å²) in [6.07, 6.45) is -4.37. The molecule has 0 saturated heterocycles. The molecule has 29 heteroatoms. The number of nitrogens with one attached hydrogen (secondary N) is 9. The first-order valence-corrected chi connectivity index (χ1v) is 25.4. The fourth-order valence-corrected chi connectivity index (χ4v) is 7.58. The van der Waals surface area contributed by atoms with Crippen molar-refractivity contribution in [3.63, 3.8) is 0 Å². The number of aliphatic carboxylic acids is 2. The van der Waals surface area contributed by atoms with E-state index in [-0.39, 0.29) is 42.4 Å². The van der Waals surface area contributed by atoms with Crippen molar-refractivity contribution >= 4 is 71.0 Å². The fourth-order valence-electron chi connectivity index (χ4n) is 7.58. The SMILES string of the molecule is CC(C)C[C@H](NC(=O)[C@@H](NC(=O)CNC(=O)[C@H](CC(C)C)NC(=O)[C@H](CCC(=O)O)NC(=O)[C@H](Cc1ccc(O)cc1)NC(=O)[C@H](CO)NC(=O)[C@H](CC(N)=O)NC(=O)[C@H](Cc1ccccc1)NC(=O)[C@@H](N)CO)[C@@H](C)O)C(=O)O. The third-order valence-corrected chi connectivity index (χ3v) is 11.8.